The molecule has 0 aromatic carbocycles. The third-order valence-corrected chi connectivity index (χ3v) is 2.46. The molecule has 0 saturated heterocycles. The minimum atomic E-state index is 0.0563. The standard InChI is InChI=1S/C11H20N4O/c1-8(2)4-5-9(13-12)10-6-7-11(16-3)15-14-10/h6-9,13H,4-5,12H2,1-3H3. The van der Waals surface area contributed by atoms with Crippen LogP contribution in [0.5, 0.6) is 5.88 Å². The van der Waals surface area contributed by atoms with Crippen LogP contribution < -0.4 is 16.0 Å². The van der Waals surface area contributed by atoms with Gasteiger partial charge in [0.15, 0.2) is 0 Å². The number of methoxy groups -OCH3 is 1. The molecule has 5 heteroatoms. The minimum absolute atomic E-state index is 0.0563. The fraction of sp³-hybridized carbons (Fsp3) is 0.636. The maximum absolute atomic E-state index is 5.51. The Morgan fingerprint density at radius 2 is 2.06 bits per heavy atom. The van der Waals surface area contributed by atoms with Crippen LogP contribution in [0.4, 0.5) is 0 Å². The maximum Gasteiger partial charge on any atom is 0.233 e. The number of nitrogens with zero attached hydrogens (tertiary/aromatic N) is 2. The van der Waals surface area contributed by atoms with Crippen LogP contribution in [0.15, 0.2) is 12.1 Å². The van der Waals surface area contributed by atoms with E-state index in [0.717, 1.165) is 18.5 Å². The molecule has 0 amide bonds. The Labute approximate surface area is 96.4 Å². The number of hydrogen-bond acceptors (Lipinski definition) is 5. The minimum Gasteiger partial charge on any atom is -0.480 e. The molecule has 0 saturated carbocycles. The Morgan fingerprint density at radius 3 is 2.50 bits per heavy atom. The zero-order valence-electron chi connectivity index (χ0n) is 10.1. The summed E-state index contributed by atoms with van der Waals surface area (Å²) in [6, 6.07) is 3.74. The van der Waals surface area contributed by atoms with Gasteiger partial charge in [-0.2, -0.15) is 5.10 Å². The Morgan fingerprint density at radius 1 is 1.31 bits per heavy atom. The molecule has 1 unspecified atom stereocenters. The number of hydrogen-bond donors (Lipinski definition) is 2. The van der Waals surface area contributed by atoms with Gasteiger partial charge in [0.25, 0.3) is 0 Å². The van der Waals surface area contributed by atoms with E-state index in [2.05, 4.69) is 29.5 Å². The molecule has 3 N–H and O–H groups in total. The zero-order chi connectivity index (χ0) is 12.0. The van der Waals surface area contributed by atoms with E-state index < -0.39 is 0 Å². The van der Waals surface area contributed by atoms with E-state index >= 15 is 0 Å². The van der Waals surface area contributed by atoms with E-state index in [-0.39, 0.29) is 6.04 Å². The predicted molar refractivity (Wildman–Crippen MR) is 62.7 cm³/mol. The molecule has 1 atom stereocenters. The zero-order valence-corrected chi connectivity index (χ0v) is 10.1. The van der Waals surface area contributed by atoms with Crippen molar-refractivity contribution in [1.29, 1.82) is 0 Å². The number of ether oxygens (including phenoxy) is 1. The number of nitrogens with two attached hydrogens (primary N) is 1. The molecular weight excluding hydrogens is 204 g/mol. The summed E-state index contributed by atoms with van der Waals surface area (Å²) < 4.78 is 4.96. The second kappa shape index (κ2) is 6.40. The first kappa shape index (κ1) is 12.9. The Hall–Kier alpha value is -1.20. The molecule has 0 spiro atoms. The molecule has 0 aliphatic rings. The molecule has 1 heterocycles. The Bertz CT molecular complexity index is 299. The molecule has 0 fully saturated rings. The maximum atomic E-state index is 5.51. The summed E-state index contributed by atoms with van der Waals surface area (Å²) in [5.41, 5.74) is 3.62. The van der Waals surface area contributed by atoms with Gasteiger partial charge in [-0.1, -0.05) is 13.8 Å². The van der Waals surface area contributed by atoms with Crippen molar-refractivity contribution in [2.75, 3.05) is 7.11 Å². The average molecular weight is 224 g/mol. The van der Waals surface area contributed by atoms with E-state index in [1.807, 2.05) is 6.07 Å². The third-order valence-electron chi connectivity index (χ3n) is 2.46. The number of hydrazine groups is 1. The summed E-state index contributed by atoms with van der Waals surface area (Å²) in [6.07, 6.45) is 2.05. The highest BCUT2D eigenvalue weighted by Gasteiger charge is 2.12. The van der Waals surface area contributed by atoms with E-state index in [9.17, 15) is 0 Å². The fourth-order valence-electron chi connectivity index (χ4n) is 1.44. The van der Waals surface area contributed by atoms with Crippen molar-refractivity contribution in [3.05, 3.63) is 17.8 Å². The van der Waals surface area contributed by atoms with Gasteiger partial charge in [0, 0.05) is 6.07 Å². The summed E-state index contributed by atoms with van der Waals surface area (Å²) in [6.45, 7) is 4.38. The van der Waals surface area contributed by atoms with Crippen LogP contribution in [-0.4, -0.2) is 17.3 Å². The lowest BCUT2D eigenvalue weighted by atomic mass is 10.0. The van der Waals surface area contributed by atoms with Gasteiger partial charge in [0.05, 0.1) is 18.8 Å². The Kier molecular flexibility index (Phi) is 5.14. The van der Waals surface area contributed by atoms with Crippen molar-refractivity contribution < 1.29 is 4.74 Å². The van der Waals surface area contributed by atoms with Crippen molar-refractivity contribution in [2.45, 2.75) is 32.7 Å². The molecule has 1 aromatic rings. The summed E-state index contributed by atoms with van der Waals surface area (Å²) in [5, 5.41) is 8.01. The van der Waals surface area contributed by atoms with Gasteiger partial charge in [-0.15, -0.1) is 5.10 Å². The molecule has 0 bridgehead atoms. The molecule has 0 aliphatic carbocycles. The van der Waals surface area contributed by atoms with Gasteiger partial charge >= 0.3 is 0 Å². The predicted octanol–water partition coefficient (Wildman–Crippen LogP) is 1.43. The van der Waals surface area contributed by atoms with E-state index in [4.69, 9.17) is 10.6 Å². The summed E-state index contributed by atoms with van der Waals surface area (Å²) in [7, 11) is 1.57. The van der Waals surface area contributed by atoms with Gasteiger partial charge in [-0.05, 0) is 24.8 Å². The summed E-state index contributed by atoms with van der Waals surface area (Å²) >= 11 is 0. The first-order valence-corrected chi connectivity index (χ1v) is 5.51. The highest BCUT2D eigenvalue weighted by molar-refractivity contribution is 5.13. The highest BCUT2D eigenvalue weighted by atomic mass is 16.5. The monoisotopic (exact) mass is 224 g/mol. The van der Waals surface area contributed by atoms with Crippen molar-refractivity contribution in [2.24, 2.45) is 11.8 Å². The lowest BCUT2D eigenvalue weighted by molar-refractivity contribution is 0.386. The largest absolute Gasteiger partial charge is 0.480 e. The molecule has 5 nitrogen and oxygen atoms in total. The van der Waals surface area contributed by atoms with E-state index in [1.165, 1.54) is 0 Å². The normalized spacial score (nSPS) is 12.8. The third kappa shape index (κ3) is 3.75. The van der Waals surface area contributed by atoms with Crippen LogP contribution >= 0.6 is 0 Å². The number of rotatable bonds is 6. The molecule has 0 radical (unpaired) electrons. The van der Waals surface area contributed by atoms with Crippen LogP contribution in [0.2, 0.25) is 0 Å². The quantitative estimate of drug-likeness (QED) is 0.565. The van der Waals surface area contributed by atoms with Gasteiger partial charge in [0.1, 0.15) is 0 Å². The van der Waals surface area contributed by atoms with E-state index in [0.29, 0.717) is 11.8 Å². The van der Waals surface area contributed by atoms with Crippen LogP contribution in [0, 0.1) is 5.92 Å². The van der Waals surface area contributed by atoms with Crippen LogP contribution in [0.25, 0.3) is 0 Å². The first-order valence-electron chi connectivity index (χ1n) is 5.51. The molecule has 90 valence electrons. The van der Waals surface area contributed by atoms with Gasteiger partial charge in [-0.3, -0.25) is 11.3 Å². The SMILES string of the molecule is COc1ccc(C(CCC(C)C)NN)nn1. The highest BCUT2D eigenvalue weighted by Crippen LogP contribution is 2.18. The summed E-state index contributed by atoms with van der Waals surface area (Å²) in [5.74, 6) is 6.68. The van der Waals surface area contributed by atoms with E-state index in [1.54, 1.807) is 13.2 Å². The van der Waals surface area contributed by atoms with Crippen LogP contribution in [0.3, 0.4) is 0 Å². The molecular formula is C11H20N4O. The second-order valence-electron chi connectivity index (χ2n) is 4.19. The van der Waals surface area contributed by atoms with Crippen molar-refractivity contribution >= 4 is 0 Å². The van der Waals surface area contributed by atoms with Gasteiger partial charge in [0.2, 0.25) is 5.88 Å². The topological polar surface area (TPSA) is 73.1 Å². The smallest absolute Gasteiger partial charge is 0.233 e. The Balaban J connectivity index is 2.63. The lowest BCUT2D eigenvalue weighted by Crippen LogP contribution is -2.29. The van der Waals surface area contributed by atoms with Crippen molar-refractivity contribution in [3.63, 3.8) is 0 Å². The summed E-state index contributed by atoms with van der Waals surface area (Å²) in [4.78, 5) is 0. The fourth-order valence-corrected chi connectivity index (χ4v) is 1.44. The number of aromatic nitrogens is 2. The molecule has 1 rings (SSSR count). The lowest BCUT2D eigenvalue weighted by Gasteiger charge is -2.15. The van der Waals surface area contributed by atoms with Gasteiger partial charge in [-0.25, -0.2) is 0 Å². The average Bonchev–Trinajstić information content (AvgIpc) is 2.30. The van der Waals surface area contributed by atoms with Crippen LogP contribution in [-0.2, 0) is 0 Å². The second-order valence-corrected chi connectivity index (χ2v) is 4.19. The number of nitrogens with one attached hydrogen (secondary N) is 1. The molecule has 1 aromatic heterocycles. The molecule has 0 aliphatic heterocycles. The van der Waals surface area contributed by atoms with Crippen molar-refractivity contribution in [3.8, 4) is 5.88 Å². The molecule has 16 heavy (non-hydrogen) atoms. The van der Waals surface area contributed by atoms with Gasteiger partial charge < -0.3 is 4.74 Å². The van der Waals surface area contributed by atoms with Crippen LogP contribution in [0.1, 0.15) is 38.4 Å². The first-order chi connectivity index (χ1) is 7.67. The van der Waals surface area contributed by atoms with Crippen molar-refractivity contribution in [1.82, 2.24) is 15.6 Å².